The molecule has 0 unspecified atom stereocenters. The minimum Gasteiger partial charge on any atom is -0.496 e. The van der Waals surface area contributed by atoms with Crippen molar-refractivity contribution in [1.82, 2.24) is 0 Å². The lowest BCUT2D eigenvalue weighted by molar-refractivity contribution is -0.131. The van der Waals surface area contributed by atoms with E-state index in [1.165, 1.54) is 26.2 Å². The molecule has 1 rings (SSSR count). The molecule has 0 atom stereocenters. The van der Waals surface area contributed by atoms with E-state index in [0.29, 0.717) is 0 Å². The number of Topliss-reactive ketones (excluding diaryl/α,β-unsaturated/α-hetero) is 1. The lowest BCUT2D eigenvalue weighted by Gasteiger charge is -2.08. The van der Waals surface area contributed by atoms with Crippen molar-refractivity contribution in [3.05, 3.63) is 29.1 Å². The molecule has 80 valence electrons. The number of carbonyl (C=O) groups excluding carboxylic acids is 1. The number of hydrogen-bond acceptors (Lipinski definition) is 3. The molecule has 0 fully saturated rings. The van der Waals surface area contributed by atoms with Gasteiger partial charge in [-0.2, -0.15) is 0 Å². The number of hydrogen-bond donors (Lipinski definition) is 1. The summed E-state index contributed by atoms with van der Waals surface area (Å²) in [5.74, 6) is -3.96. The number of carbonyl (C=O) groups is 2. The zero-order valence-corrected chi connectivity index (χ0v) is 8.20. The van der Waals surface area contributed by atoms with E-state index in [-0.39, 0.29) is 11.3 Å². The zero-order chi connectivity index (χ0) is 11.6. The Bertz CT molecular complexity index is 426. The van der Waals surface area contributed by atoms with Crippen molar-refractivity contribution in [3.8, 4) is 5.75 Å². The molecule has 1 aromatic rings. The summed E-state index contributed by atoms with van der Waals surface area (Å²) in [6, 6.07) is 2.77. The second kappa shape index (κ2) is 4.08. The molecule has 15 heavy (non-hydrogen) atoms. The first kappa shape index (κ1) is 11.2. The van der Waals surface area contributed by atoms with Crippen LogP contribution in [0.2, 0.25) is 0 Å². The maximum Gasteiger partial charge on any atom is 0.377 e. The van der Waals surface area contributed by atoms with Crippen LogP contribution in [0.1, 0.15) is 15.9 Å². The van der Waals surface area contributed by atoms with Crippen molar-refractivity contribution in [3.63, 3.8) is 0 Å². The number of benzene rings is 1. The third-order valence-electron chi connectivity index (χ3n) is 1.94. The van der Waals surface area contributed by atoms with Crippen molar-refractivity contribution < 1.29 is 23.8 Å². The number of halogens is 1. The van der Waals surface area contributed by atoms with E-state index < -0.39 is 23.1 Å². The average molecular weight is 212 g/mol. The minimum absolute atomic E-state index is 0.0782. The van der Waals surface area contributed by atoms with Gasteiger partial charge in [-0.05, 0) is 18.6 Å². The summed E-state index contributed by atoms with van der Waals surface area (Å²) < 4.78 is 18.2. The van der Waals surface area contributed by atoms with E-state index in [2.05, 4.69) is 0 Å². The van der Waals surface area contributed by atoms with Crippen molar-refractivity contribution in [2.75, 3.05) is 7.11 Å². The van der Waals surface area contributed by atoms with Gasteiger partial charge in [0.05, 0.1) is 7.11 Å². The van der Waals surface area contributed by atoms with E-state index in [0.717, 1.165) is 0 Å². The maximum absolute atomic E-state index is 13.5. The summed E-state index contributed by atoms with van der Waals surface area (Å²) in [4.78, 5) is 21.6. The highest BCUT2D eigenvalue weighted by Gasteiger charge is 2.24. The van der Waals surface area contributed by atoms with Gasteiger partial charge in [0.15, 0.2) is 0 Å². The number of aliphatic carboxylic acids is 1. The summed E-state index contributed by atoms with van der Waals surface area (Å²) in [6.45, 7) is 1.44. The van der Waals surface area contributed by atoms with Gasteiger partial charge in [-0.3, -0.25) is 4.79 Å². The van der Waals surface area contributed by atoms with Gasteiger partial charge in [-0.25, -0.2) is 9.18 Å². The molecule has 0 saturated carbocycles. The smallest absolute Gasteiger partial charge is 0.377 e. The van der Waals surface area contributed by atoms with Gasteiger partial charge in [0.2, 0.25) is 0 Å². The Labute approximate surface area is 85.3 Å². The molecule has 0 aliphatic carbocycles. The third-order valence-corrected chi connectivity index (χ3v) is 1.94. The highest BCUT2D eigenvalue weighted by Crippen LogP contribution is 2.24. The Morgan fingerprint density at radius 2 is 2.00 bits per heavy atom. The number of ketones is 1. The number of carboxylic acids is 1. The van der Waals surface area contributed by atoms with Gasteiger partial charge in [0.1, 0.15) is 17.1 Å². The monoisotopic (exact) mass is 212 g/mol. The molecular weight excluding hydrogens is 203 g/mol. The summed E-state index contributed by atoms with van der Waals surface area (Å²) >= 11 is 0. The van der Waals surface area contributed by atoms with Crippen LogP contribution in [0.25, 0.3) is 0 Å². The molecule has 1 N–H and O–H groups in total. The summed E-state index contributed by atoms with van der Waals surface area (Å²) in [5.41, 5.74) is -0.342. The van der Waals surface area contributed by atoms with Gasteiger partial charge < -0.3 is 9.84 Å². The number of rotatable bonds is 3. The molecule has 0 aromatic heterocycles. The van der Waals surface area contributed by atoms with Crippen LogP contribution in [-0.2, 0) is 4.79 Å². The largest absolute Gasteiger partial charge is 0.496 e. The number of ether oxygens (including phenoxy) is 1. The van der Waals surface area contributed by atoms with Gasteiger partial charge in [-0.15, -0.1) is 0 Å². The SMILES string of the molecule is COc1ccc(C)c(F)c1C(=O)C(=O)O. The first-order valence-corrected chi connectivity index (χ1v) is 4.09. The molecule has 5 heteroatoms. The van der Waals surface area contributed by atoms with E-state index in [9.17, 15) is 14.0 Å². The molecule has 1 aromatic carbocycles. The molecule has 0 spiro atoms. The van der Waals surface area contributed by atoms with E-state index in [1.807, 2.05) is 0 Å². The Kier molecular flexibility index (Phi) is 3.04. The van der Waals surface area contributed by atoms with Crippen LogP contribution in [0.5, 0.6) is 5.75 Å². The second-order valence-corrected chi connectivity index (χ2v) is 2.91. The van der Waals surface area contributed by atoms with Crippen LogP contribution in [0.4, 0.5) is 4.39 Å². The standard InChI is InChI=1S/C10H9FO4/c1-5-3-4-6(15-2)7(8(5)11)9(12)10(13)14/h3-4H,1-2H3,(H,13,14). The predicted molar refractivity (Wildman–Crippen MR) is 49.7 cm³/mol. The first-order valence-electron chi connectivity index (χ1n) is 4.09. The van der Waals surface area contributed by atoms with Crippen LogP contribution >= 0.6 is 0 Å². The van der Waals surface area contributed by atoms with Crippen LogP contribution in [0.3, 0.4) is 0 Å². The zero-order valence-electron chi connectivity index (χ0n) is 8.20. The van der Waals surface area contributed by atoms with Crippen molar-refractivity contribution >= 4 is 11.8 Å². The quantitative estimate of drug-likeness (QED) is 0.607. The normalized spacial score (nSPS) is 9.80. The van der Waals surface area contributed by atoms with E-state index in [4.69, 9.17) is 9.84 Å². The Hall–Kier alpha value is -1.91. The lowest BCUT2D eigenvalue weighted by atomic mass is 10.1. The van der Waals surface area contributed by atoms with Crippen molar-refractivity contribution in [1.29, 1.82) is 0 Å². The average Bonchev–Trinajstić information content (AvgIpc) is 2.20. The highest BCUT2D eigenvalue weighted by molar-refractivity contribution is 6.40. The Balaban J connectivity index is 3.42. The molecule has 4 nitrogen and oxygen atoms in total. The molecule has 0 radical (unpaired) electrons. The van der Waals surface area contributed by atoms with E-state index >= 15 is 0 Å². The highest BCUT2D eigenvalue weighted by atomic mass is 19.1. The molecule has 0 aliphatic heterocycles. The summed E-state index contributed by atoms with van der Waals surface area (Å²) in [5, 5.41) is 8.50. The number of carboxylic acid groups (broad SMARTS) is 1. The van der Waals surface area contributed by atoms with Crippen LogP contribution in [0, 0.1) is 12.7 Å². The topological polar surface area (TPSA) is 63.6 Å². The summed E-state index contributed by atoms with van der Waals surface area (Å²) in [7, 11) is 1.24. The second-order valence-electron chi connectivity index (χ2n) is 2.91. The lowest BCUT2D eigenvalue weighted by Crippen LogP contribution is -2.16. The van der Waals surface area contributed by atoms with Gasteiger partial charge >= 0.3 is 5.97 Å². The van der Waals surface area contributed by atoms with E-state index in [1.54, 1.807) is 0 Å². The fourth-order valence-corrected chi connectivity index (χ4v) is 1.15. The van der Waals surface area contributed by atoms with Gasteiger partial charge in [0.25, 0.3) is 5.78 Å². The first-order chi connectivity index (χ1) is 6.99. The third kappa shape index (κ3) is 1.96. The molecule has 0 saturated heterocycles. The number of aryl methyl sites for hydroxylation is 1. The summed E-state index contributed by atoms with van der Waals surface area (Å²) in [6.07, 6.45) is 0. The minimum atomic E-state index is -1.71. The Morgan fingerprint density at radius 3 is 2.47 bits per heavy atom. The van der Waals surface area contributed by atoms with Crippen molar-refractivity contribution in [2.24, 2.45) is 0 Å². The molecule has 0 amide bonds. The van der Waals surface area contributed by atoms with Crippen LogP contribution < -0.4 is 4.74 Å². The molecule has 0 aliphatic rings. The molecular formula is C10H9FO4. The fraction of sp³-hybridized carbons (Fsp3) is 0.200. The van der Waals surface area contributed by atoms with Gasteiger partial charge in [0, 0.05) is 0 Å². The molecule has 0 heterocycles. The van der Waals surface area contributed by atoms with Gasteiger partial charge in [-0.1, -0.05) is 6.07 Å². The molecule has 0 bridgehead atoms. The van der Waals surface area contributed by atoms with Crippen molar-refractivity contribution in [2.45, 2.75) is 6.92 Å². The predicted octanol–water partition coefficient (Wildman–Crippen LogP) is 1.41. The number of methoxy groups -OCH3 is 1. The van der Waals surface area contributed by atoms with Crippen LogP contribution in [0.15, 0.2) is 12.1 Å². The fourth-order valence-electron chi connectivity index (χ4n) is 1.15. The maximum atomic E-state index is 13.5. The van der Waals surface area contributed by atoms with Crippen LogP contribution in [-0.4, -0.2) is 24.0 Å². The Morgan fingerprint density at radius 1 is 1.40 bits per heavy atom.